The van der Waals surface area contributed by atoms with Crippen LogP contribution >= 0.6 is 0 Å². The van der Waals surface area contributed by atoms with E-state index in [9.17, 15) is 14.0 Å². The highest BCUT2D eigenvalue weighted by atomic mass is 19.1. The Hall–Kier alpha value is -3.02. The van der Waals surface area contributed by atoms with Crippen molar-refractivity contribution < 1.29 is 13.9 Å². The lowest BCUT2D eigenvalue weighted by molar-refractivity contribution is 0.0472. The van der Waals surface area contributed by atoms with Crippen molar-refractivity contribution in [3.8, 4) is 0 Å². The predicted molar refractivity (Wildman–Crippen MR) is 91.9 cm³/mol. The van der Waals surface area contributed by atoms with Crippen LogP contribution in [0.15, 0.2) is 47.3 Å². The second-order valence-electron chi connectivity index (χ2n) is 5.66. The molecule has 3 rings (SSSR count). The molecule has 3 aromatic rings. The van der Waals surface area contributed by atoms with Gasteiger partial charge in [-0.15, -0.1) is 0 Å². The molecule has 5 nitrogen and oxygen atoms in total. The van der Waals surface area contributed by atoms with E-state index in [-0.39, 0.29) is 18.0 Å². The lowest BCUT2D eigenvalue weighted by Gasteiger charge is -2.10. The molecule has 0 aliphatic rings. The molecule has 0 N–H and O–H groups in total. The summed E-state index contributed by atoms with van der Waals surface area (Å²) in [6.07, 6.45) is 0. The first-order chi connectivity index (χ1) is 12.0. The van der Waals surface area contributed by atoms with Crippen molar-refractivity contribution in [3.05, 3.63) is 75.5 Å². The van der Waals surface area contributed by atoms with Crippen LogP contribution < -0.4 is 5.56 Å². The lowest BCUT2D eigenvalue weighted by Crippen LogP contribution is -2.23. The second-order valence-corrected chi connectivity index (χ2v) is 5.66. The molecule has 0 spiro atoms. The van der Waals surface area contributed by atoms with Crippen LogP contribution in [0.2, 0.25) is 0 Å². The number of esters is 1. The number of rotatable bonds is 4. The molecule has 0 radical (unpaired) electrons. The predicted octanol–water partition coefficient (Wildman–Crippen LogP) is 3.22. The molecular formula is C19H17FN2O3. The molecule has 0 saturated heterocycles. The summed E-state index contributed by atoms with van der Waals surface area (Å²) in [5.74, 6) is -0.906. The molecule has 0 saturated carbocycles. The maximum Gasteiger partial charge on any atom is 0.338 e. The van der Waals surface area contributed by atoms with Crippen LogP contribution in [0.25, 0.3) is 11.0 Å². The largest absolute Gasteiger partial charge is 0.457 e. The molecule has 6 heteroatoms. The third-order valence-electron chi connectivity index (χ3n) is 3.92. The van der Waals surface area contributed by atoms with Crippen molar-refractivity contribution in [3.63, 3.8) is 0 Å². The Bertz CT molecular complexity index is 1010. The summed E-state index contributed by atoms with van der Waals surface area (Å²) < 4.78 is 20.0. The fraction of sp³-hybridized carbons (Fsp3) is 0.211. The van der Waals surface area contributed by atoms with Crippen molar-refractivity contribution in [2.24, 2.45) is 0 Å². The maximum atomic E-state index is 13.2. The summed E-state index contributed by atoms with van der Waals surface area (Å²) in [7, 11) is 0. The van der Waals surface area contributed by atoms with E-state index in [0.29, 0.717) is 34.4 Å². The molecule has 1 aromatic heterocycles. The van der Waals surface area contributed by atoms with E-state index in [0.717, 1.165) is 0 Å². The number of hydrogen-bond acceptors (Lipinski definition) is 4. The Morgan fingerprint density at radius 2 is 2.04 bits per heavy atom. The minimum absolute atomic E-state index is 0.0183. The number of aryl methyl sites for hydroxylation is 2. The van der Waals surface area contributed by atoms with Crippen LogP contribution in [0.4, 0.5) is 4.39 Å². The van der Waals surface area contributed by atoms with Gasteiger partial charge in [-0.3, -0.25) is 4.79 Å². The van der Waals surface area contributed by atoms with Gasteiger partial charge in [0.2, 0.25) is 0 Å². The van der Waals surface area contributed by atoms with E-state index in [1.54, 1.807) is 41.8 Å². The van der Waals surface area contributed by atoms with Gasteiger partial charge >= 0.3 is 5.97 Å². The first-order valence-corrected chi connectivity index (χ1v) is 7.92. The number of ether oxygens (including phenoxy) is 1. The molecule has 128 valence electrons. The second kappa shape index (κ2) is 6.84. The molecule has 0 atom stereocenters. The first kappa shape index (κ1) is 16.8. The zero-order valence-corrected chi connectivity index (χ0v) is 14.0. The Balaban J connectivity index is 1.87. The molecule has 2 aromatic carbocycles. The minimum Gasteiger partial charge on any atom is -0.457 e. The van der Waals surface area contributed by atoms with E-state index < -0.39 is 5.97 Å². The third kappa shape index (κ3) is 3.42. The van der Waals surface area contributed by atoms with Gasteiger partial charge < -0.3 is 9.30 Å². The Kier molecular flexibility index (Phi) is 4.61. The van der Waals surface area contributed by atoms with Gasteiger partial charge in [-0.25, -0.2) is 14.2 Å². The van der Waals surface area contributed by atoms with Gasteiger partial charge in [0.05, 0.1) is 16.6 Å². The summed E-state index contributed by atoms with van der Waals surface area (Å²) in [6.45, 7) is 4.02. The number of aromatic nitrogens is 2. The summed E-state index contributed by atoms with van der Waals surface area (Å²) in [5, 5.41) is 0. The highest BCUT2D eigenvalue weighted by Crippen LogP contribution is 2.15. The van der Waals surface area contributed by atoms with E-state index in [1.807, 2.05) is 6.92 Å². The zero-order valence-electron chi connectivity index (χ0n) is 14.0. The van der Waals surface area contributed by atoms with Gasteiger partial charge in [0.1, 0.15) is 18.1 Å². The quantitative estimate of drug-likeness (QED) is 0.684. The molecular weight excluding hydrogens is 323 g/mol. The monoisotopic (exact) mass is 340 g/mol. The first-order valence-electron chi connectivity index (χ1n) is 7.92. The van der Waals surface area contributed by atoms with Crippen LogP contribution in [-0.4, -0.2) is 15.5 Å². The fourth-order valence-electron chi connectivity index (χ4n) is 2.67. The maximum absolute atomic E-state index is 13.2. The lowest BCUT2D eigenvalue weighted by atomic mass is 10.2. The molecule has 0 fully saturated rings. The molecule has 0 unspecified atom stereocenters. The van der Waals surface area contributed by atoms with E-state index >= 15 is 0 Å². The Morgan fingerprint density at radius 3 is 2.76 bits per heavy atom. The SMILES string of the molecule is CCn1c(=O)c(C)nc2cc(C(=O)OCc3cccc(F)c3)ccc21. The number of carbonyl (C=O) groups excluding carboxylic acids is 1. The van der Waals surface area contributed by atoms with E-state index in [1.165, 1.54) is 12.1 Å². The van der Waals surface area contributed by atoms with Gasteiger partial charge in [-0.1, -0.05) is 12.1 Å². The molecule has 1 heterocycles. The Labute approximate surface area is 143 Å². The number of carbonyl (C=O) groups is 1. The van der Waals surface area contributed by atoms with Crippen molar-refractivity contribution in [2.75, 3.05) is 0 Å². The molecule has 0 aliphatic carbocycles. The number of benzene rings is 2. The van der Waals surface area contributed by atoms with Gasteiger partial charge in [0, 0.05) is 6.54 Å². The zero-order chi connectivity index (χ0) is 18.0. The van der Waals surface area contributed by atoms with Crippen molar-refractivity contribution in [1.29, 1.82) is 0 Å². The van der Waals surface area contributed by atoms with Crippen LogP contribution in [0, 0.1) is 12.7 Å². The van der Waals surface area contributed by atoms with Crippen LogP contribution in [0.5, 0.6) is 0 Å². The average molecular weight is 340 g/mol. The fourth-order valence-corrected chi connectivity index (χ4v) is 2.67. The molecule has 0 bridgehead atoms. The number of halogens is 1. The number of hydrogen-bond donors (Lipinski definition) is 0. The summed E-state index contributed by atoms with van der Waals surface area (Å²) in [6, 6.07) is 10.8. The highest BCUT2D eigenvalue weighted by Gasteiger charge is 2.12. The summed E-state index contributed by atoms with van der Waals surface area (Å²) in [5.41, 5.74) is 2.36. The number of nitrogens with zero attached hydrogens (tertiary/aromatic N) is 2. The van der Waals surface area contributed by atoms with E-state index in [2.05, 4.69) is 4.98 Å². The third-order valence-corrected chi connectivity index (χ3v) is 3.92. The van der Waals surface area contributed by atoms with Crippen LogP contribution in [-0.2, 0) is 17.9 Å². The minimum atomic E-state index is -0.528. The van der Waals surface area contributed by atoms with Crippen molar-refractivity contribution >= 4 is 17.0 Å². The van der Waals surface area contributed by atoms with Gasteiger partial charge in [-0.05, 0) is 49.7 Å². The summed E-state index contributed by atoms with van der Waals surface area (Å²) in [4.78, 5) is 28.6. The smallest absolute Gasteiger partial charge is 0.338 e. The van der Waals surface area contributed by atoms with Gasteiger partial charge in [-0.2, -0.15) is 0 Å². The van der Waals surface area contributed by atoms with Crippen LogP contribution in [0.1, 0.15) is 28.5 Å². The molecule has 0 amide bonds. The standard InChI is InChI=1S/C19H17FN2O3/c1-3-22-17-8-7-14(10-16(17)21-12(2)18(22)23)19(24)25-11-13-5-4-6-15(20)9-13/h4-10H,3,11H2,1-2H3. The van der Waals surface area contributed by atoms with Crippen LogP contribution in [0.3, 0.4) is 0 Å². The van der Waals surface area contributed by atoms with E-state index in [4.69, 9.17) is 4.74 Å². The molecule has 25 heavy (non-hydrogen) atoms. The molecule has 0 aliphatic heterocycles. The van der Waals surface area contributed by atoms with Crippen molar-refractivity contribution in [2.45, 2.75) is 27.0 Å². The topological polar surface area (TPSA) is 61.2 Å². The summed E-state index contributed by atoms with van der Waals surface area (Å²) >= 11 is 0. The number of fused-ring (bicyclic) bond motifs is 1. The Morgan fingerprint density at radius 1 is 1.24 bits per heavy atom. The normalized spacial score (nSPS) is 10.8. The van der Waals surface area contributed by atoms with Gasteiger partial charge in [0.25, 0.3) is 5.56 Å². The average Bonchev–Trinajstić information content (AvgIpc) is 2.60. The van der Waals surface area contributed by atoms with Gasteiger partial charge in [0.15, 0.2) is 0 Å². The highest BCUT2D eigenvalue weighted by molar-refractivity contribution is 5.93. The van der Waals surface area contributed by atoms with Crippen molar-refractivity contribution in [1.82, 2.24) is 9.55 Å².